The number of fused-ring (bicyclic) bond motifs is 1. The molecule has 0 spiro atoms. The fraction of sp³-hybridized carbons (Fsp3) is 0.333. The number of terminal acetylenes is 1. The van der Waals surface area contributed by atoms with Crippen molar-refractivity contribution in [2.24, 2.45) is 0 Å². The summed E-state index contributed by atoms with van der Waals surface area (Å²) in [4.78, 5) is 12.6. The summed E-state index contributed by atoms with van der Waals surface area (Å²) in [6.45, 7) is 0.641. The molecule has 0 fully saturated rings. The molecule has 23 heavy (non-hydrogen) atoms. The van der Waals surface area contributed by atoms with Crippen LogP contribution in [0.4, 0.5) is 0 Å². The molecular formula is C15H12Cl3N3O2. The number of benzene rings is 1. The lowest BCUT2D eigenvalue weighted by Crippen LogP contribution is -2.26. The van der Waals surface area contributed by atoms with Gasteiger partial charge in [-0.25, -0.2) is 4.79 Å². The van der Waals surface area contributed by atoms with Gasteiger partial charge in [-0.15, -0.1) is 23.1 Å². The molecule has 0 bridgehead atoms. The number of ether oxygens (including phenoxy) is 1. The molecule has 0 saturated carbocycles. The van der Waals surface area contributed by atoms with Crippen LogP contribution in [0, 0.1) is 12.3 Å². The summed E-state index contributed by atoms with van der Waals surface area (Å²) in [5.41, 5.74) is 0.0799. The zero-order valence-corrected chi connectivity index (χ0v) is 14.2. The minimum absolute atomic E-state index is 0.0547. The predicted octanol–water partition coefficient (Wildman–Crippen LogP) is 3.43. The molecule has 1 unspecified atom stereocenters. The highest BCUT2D eigenvalue weighted by atomic mass is 35.5. The SMILES string of the molecule is C#CCOc1cc(-n2nc3n(c2=O)CCCC3Cl)c(Cl)cc1Cl. The number of hydrogen-bond acceptors (Lipinski definition) is 3. The average Bonchev–Trinajstić information content (AvgIpc) is 2.85. The molecule has 1 aromatic carbocycles. The number of rotatable bonds is 3. The lowest BCUT2D eigenvalue weighted by molar-refractivity contribution is 0.370. The summed E-state index contributed by atoms with van der Waals surface area (Å²) in [6.07, 6.45) is 6.79. The summed E-state index contributed by atoms with van der Waals surface area (Å²) >= 11 is 18.5. The molecule has 1 aromatic heterocycles. The van der Waals surface area contributed by atoms with Crippen LogP contribution in [0.1, 0.15) is 24.0 Å². The van der Waals surface area contributed by atoms with E-state index in [2.05, 4.69) is 11.0 Å². The van der Waals surface area contributed by atoms with Gasteiger partial charge in [-0.2, -0.15) is 4.68 Å². The number of halogens is 3. The van der Waals surface area contributed by atoms with Crippen LogP contribution in [-0.4, -0.2) is 21.0 Å². The Morgan fingerprint density at radius 1 is 1.39 bits per heavy atom. The van der Waals surface area contributed by atoms with E-state index >= 15 is 0 Å². The molecule has 3 rings (SSSR count). The van der Waals surface area contributed by atoms with Crippen LogP contribution < -0.4 is 10.4 Å². The van der Waals surface area contributed by atoms with E-state index in [9.17, 15) is 4.79 Å². The van der Waals surface area contributed by atoms with Crippen molar-refractivity contribution in [2.45, 2.75) is 24.8 Å². The minimum Gasteiger partial charge on any atom is -0.479 e. The second-order valence-electron chi connectivity index (χ2n) is 5.04. The van der Waals surface area contributed by atoms with E-state index in [1.807, 2.05) is 0 Å². The van der Waals surface area contributed by atoms with E-state index in [4.69, 9.17) is 46.0 Å². The predicted molar refractivity (Wildman–Crippen MR) is 90.0 cm³/mol. The quantitative estimate of drug-likeness (QED) is 0.613. The van der Waals surface area contributed by atoms with Crippen LogP contribution in [0.5, 0.6) is 5.75 Å². The standard InChI is InChI=1S/C15H12Cl3N3O2/c1-2-6-23-13-8-12(10(17)7-11(13)18)21-15(22)20-5-3-4-9(16)14(20)19-21/h1,7-9H,3-6H2. The third kappa shape index (κ3) is 2.94. The fourth-order valence-electron chi connectivity index (χ4n) is 2.48. The van der Waals surface area contributed by atoms with Crippen molar-refractivity contribution >= 4 is 34.8 Å². The molecule has 1 aliphatic heterocycles. The van der Waals surface area contributed by atoms with Gasteiger partial charge in [-0.1, -0.05) is 29.1 Å². The summed E-state index contributed by atoms with van der Waals surface area (Å²) in [5, 5.41) is 4.63. The average molecular weight is 373 g/mol. The van der Waals surface area contributed by atoms with Gasteiger partial charge in [0.2, 0.25) is 0 Å². The van der Waals surface area contributed by atoms with Gasteiger partial charge in [0.25, 0.3) is 0 Å². The number of aromatic nitrogens is 3. The topological polar surface area (TPSA) is 49.0 Å². The minimum atomic E-state index is -0.294. The normalized spacial score (nSPS) is 16.7. The molecule has 5 nitrogen and oxygen atoms in total. The van der Waals surface area contributed by atoms with Gasteiger partial charge in [0.15, 0.2) is 5.82 Å². The van der Waals surface area contributed by atoms with Crippen molar-refractivity contribution in [1.29, 1.82) is 0 Å². The molecule has 0 saturated heterocycles. The molecule has 0 amide bonds. The van der Waals surface area contributed by atoms with Gasteiger partial charge in [0, 0.05) is 12.6 Å². The fourth-order valence-corrected chi connectivity index (χ4v) is 3.31. The smallest absolute Gasteiger partial charge is 0.350 e. The van der Waals surface area contributed by atoms with Crippen molar-refractivity contribution in [3.63, 3.8) is 0 Å². The lowest BCUT2D eigenvalue weighted by Gasteiger charge is -2.15. The Kier molecular flexibility index (Phi) is 4.58. The Labute approximate surface area is 147 Å². The Bertz CT molecular complexity index is 851. The van der Waals surface area contributed by atoms with Crippen LogP contribution >= 0.6 is 34.8 Å². The van der Waals surface area contributed by atoms with Crippen LogP contribution in [0.15, 0.2) is 16.9 Å². The second-order valence-corrected chi connectivity index (χ2v) is 6.38. The summed E-state index contributed by atoms with van der Waals surface area (Å²) < 4.78 is 8.15. The van der Waals surface area contributed by atoms with Crippen LogP contribution in [-0.2, 0) is 6.54 Å². The van der Waals surface area contributed by atoms with Gasteiger partial charge in [0.1, 0.15) is 12.4 Å². The molecule has 2 aromatic rings. The molecule has 0 radical (unpaired) electrons. The van der Waals surface area contributed by atoms with E-state index in [1.54, 1.807) is 10.6 Å². The van der Waals surface area contributed by atoms with E-state index in [1.165, 1.54) is 10.7 Å². The molecule has 1 atom stereocenters. The van der Waals surface area contributed by atoms with Crippen LogP contribution in [0.25, 0.3) is 5.69 Å². The van der Waals surface area contributed by atoms with Crippen molar-refractivity contribution in [3.8, 4) is 23.8 Å². The summed E-state index contributed by atoms with van der Waals surface area (Å²) in [6, 6.07) is 3.04. The van der Waals surface area contributed by atoms with E-state index in [0.29, 0.717) is 28.8 Å². The van der Waals surface area contributed by atoms with Crippen molar-refractivity contribution in [1.82, 2.24) is 14.3 Å². The Morgan fingerprint density at radius 3 is 2.87 bits per heavy atom. The highest BCUT2D eigenvalue weighted by molar-refractivity contribution is 6.36. The van der Waals surface area contributed by atoms with Gasteiger partial charge in [-0.05, 0) is 18.9 Å². The maximum Gasteiger partial charge on any atom is 0.350 e. The van der Waals surface area contributed by atoms with Gasteiger partial charge < -0.3 is 4.74 Å². The van der Waals surface area contributed by atoms with Crippen molar-refractivity contribution < 1.29 is 4.74 Å². The third-order valence-corrected chi connectivity index (χ3v) is 4.56. The van der Waals surface area contributed by atoms with Crippen LogP contribution in [0.3, 0.4) is 0 Å². The number of nitrogens with zero attached hydrogens (tertiary/aromatic N) is 3. The highest BCUT2D eigenvalue weighted by Crippen LogP contribution is 2.34. The molecule has 1 aliphatic rings. The van der Waals surface area contributed by atoms with Gasteiger partial charge in [0.05, 0.1) is 21.1 Å². The second kappa shape index (κ2) is 6.48. The Balaban J connectivity index is 2.12. The first-order chi connectivity index (χ1) is 11.0. The van der Waals surface area contributed by atoms with Crippen LogP contribution in [0.2, 0.25) is 10.0 Å². The lowest BCUT2D eigenvalue weighted by atomic mass is 10.1. The summed E-state index contributed by atoms with van der Waals surface area (Å²) in [5.74, 6) is 3.23. The maximum atomic E-state index is 12.6. The largest absolute Gasteiger partial charge is 0.479 e. The van der Waals surface area contributed by atoms with Gasteiger partial charge >= 0.3 is 5.69 Å². The van der Waals surface area contributed by atoms with E-state index in [-0.39, 0.29) is 22.7 Å². The Hall–Kier alpha value is -1.61. The zero-order chi connectivity index (χ0) is 16.6. The molecule has 2 heterocycles. The number of hydrogen-bond donors (Lipinski definition) is 0. The Morgan fingerprint density at radius 2 is 2.17 bits per heavy atom. The molecular weight excluding hydrogens is 361 g/mol. The van der Waals surface area contributed by atoms with Gasteiger partial charge in [-0.3, -0.25) is 4.57 Å². The molecule has 8 heteroatoms. The molecule has 120 valence electrons. The summed E-state index contributed by atoms with van der Waals surface area (Å²) in [7, 11) is 0. The van der Waals surface area contributed by atoms with E-state index < -0.39 is 0 Å². The number of alkyl halides is 1. The first-order valence-electron chi connectivity index (χ1n) is 6.92. The van der Waals surface area contributed by atoms with Crippen molar-refractivity contribution in [3.05, 3.63) is 38.5 Å². The first kappa shape index (κ1) is 16.3. The van der Waals surface area contributed by atoms with E-state index in [0.717, 1.165) is 12.8 Å². The van der Waals surface area contributed by atoms with Crippen molar-refractivity contribution in [2.75, 3.05) is 6.61 Å². The molecule has 0 N–H and O–H groups in total. The zero-order valence-electron chi connectivity index (χ0n) is 11.9. The first-order valence-corrected chi connectivity index (χ1v) is 8.11. The monoisotopic (exact) mass is 371 g/mol. The highest BCUT2D eigenvalue weighted by Gasteiger charge is 2.25. The molecule has 0 aliphatic carbocycles. The third-order valence-electron chi connectivity index (χ3n) is 3.55. The maximum absolute atomic E-state index is 12.6.